The van der Waals surface area contributed by atoms with E-state index < -0.39 is 0 Å². The summed E-state index contributed by atoms with van der Waals surface area (Å²) in [6.45, 7) is 6.25. The normalized spacial score (nSPS) is 11.9. The highest BCUT2D eigenvalue weighted by atomic mass is 14.8. The molecule has 0 aliphatic carbocycles. The van der Waals surface area contributed by atoms with Gasteiger partial charge in [-0.2, -0.15) is 0 Å². The first-order valence-electron chi connectivity index (χ1n) is 11.3. The molecule has 2 aliphatic rings. The highest BCUT2D eigenvalue weighted by Gasteiger charge is 2.01. The van der Waals surface area contributed by atoms with Gasteiger partial charge in [0, 0.05) is 27.8 Å². The monoisotopic (exact) mass is 445 g/mol. The fraction of sp³-hybridized carbons (Fsp3) is 0.103. The van der Waals surface area contributed by atoms with Gasteiger partial charge in [-0.05, 0) is 116 Å². The van der Waals surface area contributed by atoms with Gasteiger partial charge < -0.3 is 15.7 Å². The third-order valence-corrected chi connectivity index (χ3v) is 6.14. The SMILES string of the molecule is C1=Cc2cc3ccc(cc4nc(cc5ccc(cc1n2)[nH]5)C=C4)[nH]3.Cc1ccc(N)c(C)c1C. The van der Waals surface area contributed by atoms with Gasteiger partial charge in [-0.25, -0.2) is 9.97 Å². The van der Waals surface area contributed by atoms with Crippen LogP contribution in [0.5, 0.6) is 0 Å². The van der Waals surface area contributed by atoms with Gasteiger partial charge in [0.25, 0.3) is 0 Å². The van der Waals surface area contributed by atoms with Crippen LogP contribution in [-0.4, -0.2) is 19.9 Å². The van der Waals surface area contributed by atoms with E-state index in [2.05, 4.69) is 71.0 Å². The Morgan fingerprint density at radius 2 is 0.912 bits per heavy atom. The molecule has 0 atom stereocenters. The Morgan fingerprint density at radius 3 is 1.26 bits per heavy atom. The van der Waals surface area contributed by atoms with Crippen molar-refractivity contribution in [3.05, 3.63) is 100 Å². The lowest BCUT2D eigenvalue weighted by Crippen LogP contribution is -1.93. The molecule has 1 aromatic carbocycles. The number of aryl methyl sites for hydroxylation is 1. The van der Waals surface area contributed by atoms with E-state index in [9.17, 15) is 0 Å². The number of anilines is 1. The third-order valence-electron chi connectivity index (χ3n) is 6.14. The van der Waals surface area contributed by atoms with Crippen molar-refractivity contribution in [3.8, 4) is 0 Å². The zero-order valence-electron chi connectivity index (χ0n) is 19.6. The van der Waals surface area contributed by atoms with Gasteiger partial charge in [-0.3, -0.25) is 0 Å². The van der Waals surface area contributed by atoms with Crippen molar-refractivity contribution in [1.29, 1.82) is 0 Å². The molecule has 0 radical (unpaired) electrons. The molecule has 5 nitrogen and oxygen atoms in total. The van der Waals surface area contributed by atoms with Crippen LogP contribution >= 0.6 is 0 Å². The lowest BCUT2D eigenvalue weighted by molar-refractivity contribution is 1.27. The van der Waals surface area contributed by atoms with Crippen molar-refractivity contribution in [2.45, 2.75) is 20.8 Å². The molecule has 0 saturated heterocycles. The fourth-order valence-electron chi connectivity index (χ4n) is 3.92. The number of nitrogens with two attached hydrogens (primary N) is 1. The van der Waals surface area contributed by atoms with E-state index >= 15 is 0 Å². The highest BCUT2D eigenvalue weighted by Crippen LogP contribution is 2.18. The molecule has 168 valence electrons. The second kappa shape index (κ2) is 8.87. The lowest BCUT2D eigenvalue weighted by atomic mass is 10.0. The zero-order valence-corrected chi connectivity index (χ0v) is 19.6. The summed E-state index contributed by atoms with van der Waals surface area (Å²) in [5.74, 6) is 0. The van der Waals surface area contributed by atoms with Crippen LogP contribution < -0.4 is 5.73 Å². The van der Waals surface area contributed by atoms with Crippen LogP contribution in [0.15, 0.2) is 60.7 Å². The first-order chi connectivity index (χ1) is 16.4. The van der Waals surface area contributed by atoms with Crippen molar-refractivity contribution in [3.63, 3.8) is 0 Å². The second-order valence-electron chi connectivity index (χ2n) is 8.63. The van der Waals surface area contributed by atoms with Gasteiger partial charge in [0.05, 0.1) is 22.8 Å². The number of fused-ring (bicyclic) bond motifs is 8. The van der Waals surface area contributed by atoms with Crippen LogP contribution in [0.2, 0.25) is 0 Å². The summed E-state index contributed by atoms with van der Waals surface area (Å²) in [4.78, 5) is 16.0. The quantitative estimate of drug-likeness (QED) is 0.224. The summed E-state index contributed by atoms with van der Waals surface area (Å²) in [5.41, 5.74) is 18.3. The van der Waals surface area contributed by atoms with E-state index in [1.165, 1.54) is 16.7 Å². The number of rotatable bonds is 0. The topological polar surface area (TPSA) is 83.4 Å². The number of nitrogens with one attached hydrogen (secondary N) is 2. The van der Waals surface area contributed by atoms with Crippen molar-refractivity contribution in [1.82, 2.24) is 19.9 Å². The van der Waals surface area contributed by atoms with Crippen molar-refractivity contribution >= 4 is 52.1 Å². The summed E-state index contributed by atoms with van der Waals surface area (Å²) in [5, 5.41) is 0. The average Bonchev–Trinajstić information content (AvgIpc) is 3.61. The molecular formula is C29H27N5. The maximum absolute atomic E-state index is 5.69. The predicted octanol–water partition coefficient (Wildman–Crippen LogP) is 6.85. The molecule has 5 heterocycles. The van der Waals surface area contributed by atoms with Gasteiger partial charge in [0.1, 0.15) is 0 Å². The van der Waals surface area contributed by atoms with Crippen LogP contribution in [0.4, 0.5) is 5.69 Å². The third kappa shape index (κ3) is 4.69. The van der Waals surface area contributed by atoms with Crippen LogP contribution in [0, 0.1) is 20.8 Å². The summed E-state index contributed by atoms with van der Waals surface area (Å²) in [7, 11) is 0. The Balaban J connectivity index is 0.000000204. The fourth-order valence-corrected chi connectivity index (χ4v) is 3.92. The largest absolute Gasteiger partial charge is 0.399 e. The molecule has 2 aliphatic heterocycles. The molecule has 0 unspecified atom stereocenters. The van der Waals surface area contributed by atoms with E-state index in [-0.39, 0.29) is 0 Å². The summed E-state index contributed by atoms with van der Waals surface area (Å²) >= 11 is 0. The molecule has 4 N–H and O–H groups in total. The molecule has 5 heteroatoms. The first-order valence-corrected chi connectivity index (χ1v) is 11.3. The number of aromatic amines is 2. The molecule has 34 heavy (non-hydrogen) atoms. The Labute approximate surface area is 198 Å². The summed E-state index contributed by atoms with van der Waals surface area (Å²) in [6.07, 6.45) is 8.09. The highest BCUT2D eigenvalue weighted by molar-refractivity contribution is 5.77. The number of nitrogens with zero attached hydrogens (tertiary/aromatic N) is 2. The van der Waals surface area contributed by atoms with Crippen LogP contribution in [0.25, 0.3) is 46.4 Å². The number of benzene rings is 1. The van der Waals surface area contributed by atoms with Crippen molar-refractivity contribution < 1.29 is 0 Å². The van der Waals surface area contributed by atoms with Crippen LogP contribution in [0.1, 0.15) is 39.5 Å². The van der Waals surface area contributed by atoms with E-state index in [0.717, 1.165) is 50.5 Å². The first kappa shape index (κ1) is 21.5. The minimum atomic E-state index is 0.892. The molecule has 3 aromatic heterocycles. The molecule has 0 amide bonds. The average molecular weight is 446 g/mol. The molecule has 0 fully saturated rings. The number of aromatic nitrogens is 4. The minimum Gasteiger partial charge on any atom is -0.399 e. The molecular weight excluding hydrogens is 418 g/mol. The van der Waals surface area contributed by atoms with Gasteiger partial charge in [0.15, 0.2) is 0 Å². The van der Waals surface area contributed by atoms with Crippen LogP contribution in [0.3, 0.4) is 0 Å². The lowest BCUT2D eigenvalue weighted by Gasteiger charge is -2.05. The van der Waals surface area contributed by atoms with E-state index in [1.807, 2.05) is 54.6 Å². The summed E-state index contributed by atoms with van der Waals surface area (Å²) < 4.78 is 0. The van der Waals surface area contributed by atoms with Crippen molar-refractivity contribution in [2.24, 2.45) is 0 Å². The molecule has 0 saturated carbocycles. The predicted molar refractivity (Wildman–Crippen MR) is 144 cm³/mol. The second-order valence-corrected chi connectivity index (χ2v) is 8.63. The Kier molecular flexibility index (Phi) is 5.60. The molecule has 8 bridgehead atoms. The summed E-state index contributed by atoms with van der Waals surface area (Å²) in [6, 6.07) is 20.4. The number of nitrogen functional groups attached to an aromatic ring is 1. The molecule has 6 rings (SSSR count). The van der Waals surface area contributed by atoms with Gasteiger partial charge in [-0.1, -0.05) is 6.07 Å². The maximum atomic E-state index is 5.69. The van der Waals surface area contributed by atoms with Gasteiger partial charge in [0.2, 0.25) is 0 Å². The van der Waals surface area contributed by atoms with Crippen molar-refractivity contribution in [2.75, 3.05) is 5.73 Å². The Bertz CT molecular complexity index is 1400. The number of hydrogen-bond donors (Lipinski definition) is 3. The van der Waals surface area contributed by atoms with Gasteiger partial charge >= 0.3 is 0 Å². The zero-order chi connectivity index (χ0) is 23.7. The van der Waals surface area contributed by atoms with E-state index in [0.29, 0.717) is 0 Å². The standard InChI is InChI=1S/C20H14N4.C9H13N/c1-2-14-10-16-5-6-18(23-16)12-20-8-7-19(24-20)11-17-4-3-15(22-17)9-13(1)21-14;1-6-4-5-9(10)8(3)7(6)2/h1-12,21,24H;4-5H,10H2,1-3H3. The maximum Gasteiger partial charge on any atom is 0.0658 e. The van der Waals surface area contributed by atoms with Gasteiger partial charge in [-0.15, -0.1) is 0 Å². The number of H-pyrrole nitrogens is 2. The smallest absolute Gasteiger partial charge is 0.0658 e. The Hall–Kier alpha value is -4.38. The Morgan fingerprint density at radius 1 is 0.529 bits per heavy atom. The van der Waals surface area contributed by atoms with E-state index in [4.69, 9.17) is 5.73 Å². The van der Waals surface area contributed by atoms with E-state index in [1.54, 1.807) is 0 Å². The van der Waals surface area contributed by atoms with Crippen LogP contribution in [-0.2, 0) is 0 Å². The number of hydrogen-bond acceptors (Lipinski definition) is 3. The minimum absolute atomic E-state index is 0.892. The molecule has 0 spiro atoms. The molecule has 4 aromatic rings.